The lowest BCUT2D eigenvalue weighted by atomic mass is 10.2. The molecule has 17 heavy (non-hydrogen) atoms. The Labute approximate surface area is 105 Å². The summed E-state index contributed by atoms with van der Waals surface area (Å²) in [4.78, 5) is 7.07. The zero-order valence-electron chi connectivity index (χ0n) is 11.5. The van der Waals surface area contributed by atoms with Gasteiger partial charge in [-0.15, -0.1) is 0 Å². The number of nitrogens with one attached hydrogen (secondary N) is 1. The summed E-state index contributed by atoms with van der Waals surface area (Å²) >= 11 is 0. The summed E-state index contributed by atoms with van der Waals surface area (Å²) in [5.41, 5.74) is 1.12. The highest BCUT2D eigenvalue weighted by Gasteiger charge is 2.12. The fourth-order valence-electron chi connectivity index (χ4n) is 1.90. The molecule has 1 N–H and O–H groups in total. The van der Waals surface area contributed by atoms with Gasteiger partial charge in [-0.25, -0.2) is 4.98 Å². The standard InChI is InChI=1S/C14H25N3/c1-5-12(4)17(7-3)14-10-8-9-13(16-14)11-15-6-2/h8-10,12,15H,5-7,11H2,1-4H3. The number of hydrogen-bond acceptors (Lipinski definition) is 3. The summed E-state index contributed by atoms with van der Waals surface area (Å²) < 4.78 is 0. The van der Waals surface area contributed by atoms with E-state index >= 15 is 0 Å². The quantitative estimate of drug-likeness (QED) is 0.787. The Morgan fingerprint density at radius 2 is 2.06 bits per heavy atom. The van der Waals surface area contributed by atoms with Crippen LogP contribution in [0.2, 0.25) is 0 Å². The second kappa shape index (κ2) is 7.28. The molecule has 1 aromatic heterocycles. The highest BCUT2D eigenvalue weighted by atomic mass is 15.2. The SMILES string of the molecule is CCNCc1cccc(N(CC)C(C)CC)n1. The Bertz CT molecular complexity index is 325. The Morgan fingerprint density at radius 3 is 2.65 bits per heavy atom. The minimum atomic E-state index is 0.543. The van der Waals surface area contributed by atoms with E-state index in [0.717, 1.165) is 37.6 Å². The van der Waals surface area contributed by atoms with E-state index in [2.05, 4.69) is 56.1 Å². The average molecular weight is 235 g/mol. The van der Waals surface area contributed by atoms with Crippen LogP contribution in [-0.2, 0) is 6.54 Å². The van der Waals surface area contributed by atoms with Crippen LogP contribution in [0.4, 0.5) is 5.82 Å². The zero-order valence-corrected chi connectivity index (χ0v) is 11.5. The van der Waals surface area contributed by atoms with Gasteiger partial charge in [0.15, 0.2) is 0 Å². The predicted octanol–water partition coefficient (Wildman–Crippen LogP) is 2.82. The summed E-state index contributed by atoms with van der Waals surface area (Å²) in [7, 11) is 0. The van der Waals surface area contributed by atoms with Crippen LogP contribution in [0, 0.1) is 0 Å². The molecule has 0 fully saturated rings. The maximum Gasteiger partial charge on any atom is 0.129 e. The molecule has 0 saturated carbocycles. The maximum absolute atomic E-state index is 4.71. The summed E-state index contributed by atoms with van der Waals surface area (Å²) in [5, 5.41) is 3.31. The molecule has 0 aliphatic carbocycles. The van der Waals surface area contributed by atoms with Gasteiger partial charge in [0, 0.05) is 19.1 Å². The molecule has 0 saturated heterocycles. The number of rotatable bonds is 7. The molecule has 0 aromatic carbocycles. The fraction of sp³-hybridized carbons (Fsp3) is 0.643. The van der Waals surface area contributed by atoms with Crippen LogP contribution in [0.5, 0.6) is 0 Å². The van der Waals surface area contributed by atoms with Crippen LogP contribution < -0.4 is 10.2 Å². The summed E-state index contributed by atoms with van der Waals surface area (Å²) in [6.07, 6.45) is 1.15. The van der Waals surface area contributed by atoms with Crippen LogP contribution in [0.1, 0.15) is 39.8 Å². The molecule has 1 aromatic rings. The molecule has 96 valence electrons. The average Bonchev–Trinajstić information content (AvgIpc) is 2.37. The van der Waals surface area contributed by atoms with E-state index in [-0.39, 0.29) is 0 Å². The first kappa shape index (κ1) is 14.0. The molecule has 0 radical (unpaired) electrons. The Kier molecular flexibility index (Phi) is 5.98. The minimum absolute atomic E-state index is 0.543. The molecular formula is C14H25N3. The Hall–Kier alpha value is -1.09. The number of pyridine rings is 1. The van der Waals surface area contributed by atoms with Crippen molar-refractivity contribution in [2.24, 2.45) is 0 Å². The second-order valence-corrected chi connectivity index (χ2v) is 4.31. The first-order valence-corrected chi connectivity index (χ1v) is 6.66. The van der Waals surface area contributed by atoms with Crippen LogP contribution in [0.15, 0.2) is 18.2 Å². The lowest BCUT2D eigenvalue weighted by molar-refractivity contribution is 0.619. The van der Waals surface area contributed by atoms with E-state index in [9.17, 15) is 0 Å². The highest BCUT2D eigenvalue weighted by Crippen LogP contribution is 2.16. The predicted molar refractivity (Wildman–Crippen MR) is 74.4 cm³/mol. The van der Waals surface area contributed by atoms with E-state index in [1.54, 1.807) is 0 Å². The molecule has 1 rings (SSSR count). The van der Waals surface area contributed by atoms with Gasteiger partial charge >= 0.3 is 0 Å². The fourth-order valence-corrected chi connectivity index (χ4v) is 1.90. The van der Waals surface area contributed by atoms with Crippen LogP contribution in [0.3, 0.4) is 0 Å². The lowest BCUT2D eigenvalue weighted by Gasteiger charge is -2.28. The molecule has 3 heteroatoms. The van der Waals surface area contributed by atoms with Crippen molar-refractivity contribution in [1.29, 1.82) is 0 Å². The van der Waals surface area contributed by atoms with E-state index in [4.69, 9.17) is 4.98 Å². The maximum atomic E-state index is 4.71. The summed E-state index contributed by atoms with van der Waals surface area (Å²) in [6.45, 7) is 11.6. The zero-order chi connectivity index (χ0) is 12.7. The third kappa shape index (κ3) is 4.00. The third-order valence-electron chi connectivity index (χ3n) is 3.11. The molecule has 3 nitrogen and oxygen atoms in total. The van der Waals surface area contributed by atoms with E-state index < -0.39 is 0 Å². The van der Waals surface area contributed by atoms with Crippen molar-refractivity contribution in [1.82, 2.24) is 10.3 Å². The molecule has 0 aliphatic heterocycles. The molecule has 0 amide bonds. The van der Waals surface area contributed by atoms with Crippen molar-refractivity contribution in [2.45, 2.75) is 46.7 Å². The largest absolute Gasteiger partial charge is 0.354 e. The normalized spacial score (nSPS) is 12.5. The number of hydrogen-bond donors (Lipinski definition) is 1. The molecule has 0 aliphatic rings. The molecule has 0 spiro atoms. The van der Waals surface area contributed by atoms with Crippen molar-refractivity contribution in [3.8, 4) is 0 Å². The second-order valence-electron chi connectivity index (χ2n) is 4.31. The van der Waals surface area contributed by atoms with Gasteiger partial charge < -0.3 is 10.2 Å². The monoisotopic (exact) mass is 235 g/mol. The molecular weight excluding hydrogens is 210 g/mol. The van der Waals surface area contributed by atoms with Crippen molar-refractivity contribution in [2.75, 3.05) is 18.0 Å². The lowest BCUT2D eigenvalue weighted by Crippen LogP contribution is -2.33. The first-order chi connectivity index (χ1) is 8.22. The van der Waals surface area contributed by atoms with Gasteiger partial charge in [-0.3, -0.25) is 0 Å². The number of aromatic nitrogens is 1. The van der Waals surface area contributed by atoms with Crippen molar-refractivity contribution < 1.29 is 0 Å². The van der Waals surface area contributed by atoms with E-state index in [1.807, 2.05) is 0 Å². The summed E-state index contributed by atoms with van der Waals surface area (Å²) in [6, 6.07) is 6.82. The van der Waals surface area contributed by atoms with Gasteiger partial charge in [-0.05, 0) is 38.9 Å². The first-order valence-electron chi connectivity index (χ1n) is 6.66. The molecule has 0 bridgehead atoms. The van der Waals surface area contributed by atoms with Crippen LogP contribution >= 0.6 is 0 Å². The summed E-state index contributed by atoms with van der Waals surface area (Å²) in [5.74, 6) is 1.09. The van der Waals surface area contributed by atoms with Crippen molar-refractivity contribution in [3.63, 3.8) is 0 Å². The molecule has 1 heterocycles. The van der Waals surface area contributed by atoms with E-state index in [0.29, 0.717) is 6.04 Å². The topological polar surface area (TPSA) is 28.2 Å². The number of anilines is 1. The van der Waals surface area contributed by atoms with Gasteiger partial charge in [-0.2, -0.15) is 0 Å². The smallest absolute Gasteiger partial charge is 0.129 e. The van der Waals surface area contributed by atoms with Crippen LogP contribution in [-0.4, -0.2) is 24.1 Å². The Balaban J connectivity index is 2.81. The van der Waals surface area contributed by atoms with Crippen molar-refractivity contribution >= 4 is 5.82 Å². The molecule has 1 atom stereocenters. The van der Waals surface area contributed by atoms with Gasteiger partial charge in [0.05, 0.1) is 5.69 Å². The minimum Gasteiger partial charge on any atom is -0.354 e. The van der Waals surface area contributed by atoms with Gasteiger partial charge in [0.25, 0.3) is 0 Å². The van der Waals surface area contributed by atoms with E-state index in [1.165, 1.54) is 0 Å². The van der Waals surface area contributed by atoms with Crippen molar-refractivity contribution in [3.05, 3.63) is 23.9 Å². The third-order valence-corrected chi connectivity index (χ3v) is 3.11. The van der Waals surface area contributed by atoms with Gasteiger partial charge in [0.1, 0.15) is 5.82 Å². The Morgan fingerprint density at radius 1 is 1.29 bits per heavy atom. The molecule has 1 unspecified atom stereocenters. The van der Waals surface area contributed by atoms with Gasteiger partial charge in [0.2, 0.25) is 0 Å². The van der Waals surface area contributed by atoms with Crippen LogP contribution in [0.25, 0.3) is 0 Å². The highest BCUT2D eigenvalue weighted by molar-refractivity contribution is 5.40. The van der Waals surface area contributed by atoms with Gasteiger partial charge in [-0.1, -0.05) is 19.9 Å². The number of nitrogens with zero attached hydrogens (tertiary/aromatic N) is 2.